The van der Waals surface area contributed by atoms with Gasteiger partial charge in [-0.25, -0.2) is 9.97 Å². The molecule has 3 rings (SSSR count). The quantitative estimate of drug-likeness (QED) is 0.813. The molecule has 2 heterocycles. The summed E-state index contributed by atoms with van der Waals surface area (Å²) in [6, 6.07) is 10.5. The fourth-order valence-electron chi connectivity index (χ4n) is 2.83. The van der Waals surface area contributed by atoms with Gasteiger partial charge in [0.1, 0.15) is 11.5 Å². The Hall–Kier alpha value is -2.73. The molecule has 0 unspecified atom stereocenters. The average Bonchev–Trinajstić information content (AvgIpc) is 2.68. The van der Waals surface area contributed by atoms with E-state index in [1.54, 1.807) is 12.3 Å². The van der Waals surface area contributed by atoms with Crippen LogP contribution in [0.2, 0.25) is 0 Å². The van der Waals surface area contributed by atoms with E-state index in [2.05, 4.69) is 55.9 Å². The maximum absolute atomic E-state index is 11.8. The molecule has 0 bridgehead atoms. The predicted molar refractivity (Wildman–Crippen MR) is 98.5 cm³/mol. The molecule has 1 fully saturated rings. The van der Waals surface area contributed by atoms with Crippen molar-refractivity contribution in [1.82, 2.24) is 20.2 Å². The topological polar surface area (TPSA) is 61.4 Å². The smallest absolute Gasteiger partial charge is 0.271 e. The normalized spacial score (nSPS) is 15.0. The van der Waals surface area contributed by atoms with Gasteiger partial charge in [-0.05, 0) is 5.56 Å². The van der Waals surface area contributed by atoms with Gasteiger partial charge in [-0.1, -0.05) is 36.4 Å². The maximum atomic E-state index is 11.8. The standard InChI is InChI=1S/C19H23N5O/c1-2-8-20-19(25)17-13-22-18(14-21-17)24-11-9-23(10-12-24)15-16-6-4-3-5-7-16/h2-7,13-14H,1,8-12,15H2,(H,20,25). The fraction of sp³-hybridized carbons (Fsp3) is 0.316. The summed E-state index contributed by atoms with van der Waals surface area (Å²) in [5, 5.41) is 2.70. The number of amides is 1. The van der Waals surface area contributed by atoms with Gasteiger partial charge < -0.3 is 10.2 Å². The van der Waals surface area contributed by atoms with Crippen LogP contribution in [0.4, 0.5) is 5.82 Å². The Bertz CT molecular complexity index is 694. The number of aromatic nitrogens is 2. The van der Waals surface area contributed by atoms with Crippen molar-refractivity contribution < 1.29 is 4.79 Å². The summed E-state index contributed by atoms with van der Waals surface area (Å²) in [6.07, 6.45) is 4.84. The molecule has 6 heteroatoms. The van der Waals surface area contributed by atoms with Crippen molar-refractivity contribution in [2.24, 2.45) is 0 Å². The van der Waals surface area contributed by atoms with E-state index < -0.39 is 0 Å². The van der Waals surface area contributed by atoms with Crippen LogP contribution in [-0.2, 0) is 6.54 Å². The minimum atomic E-state index is -0.230. The van der Waals surface area contributed by atoms with Gasteiger partial charge in [0.2, 0.25) is 0 Å². The average molecular weight is 337 g/mol. The molecule has 1 aromatic heterocycles. The van der Waals surface area contributed by atoms with E-state index >= 15 is 0 Å². The molecule has 0 radical (unpaired) electrons. The van der Waals surface area contributed by atoms with Crippen molar-refractivity contribution in [3.63, 3.8) is 0 Å². The first-order valence-electron chi connectivity index (χ1n) is 8.48. The Labute approximate surface area is 148 Å². The van der Waals surface area contributed by atoms with E-state index in [1.165, 1.54) is 11.8 Å². The van der Waals surface area contributed by atoms with Crippen LogP contribution >= 0.6 is 0 Å². The Morgan fingerprint density at radius 1 is 1.12 bits per heavy atom. The number of carbonyl (C=O) groups is 1. The molecule has 1 saturated heterocycles. The van der Waals surface area contributed by atoms with Crippen molar-refractivity contribution in [1.29, 1.82) is 0 Å². The van der Waals surface area contributed by atoms with Crippen LogP contribution in [0.5, 0.6) is 0 Å². The summed E-state index contributed by atoms with van der Waals surface area (Å²) in [5.41, 5.74) is 1.67. The van der Waals surface area contributed by atoms with E-state index in [0.29, 0.717) is 12.2 Å². The third-order valence-electron chi connectivity index (χ3n) is 4.22. The third-order valence-corrected chi connectivity index (χ3v) is 4.22. The maximum Gasteiger partial charge on any atom is 0.271 e. The first-order chi connectivity index (χ1) is 12.3. The highest BCUT2D eigenvalue weighted by molar-refractivity contribution is 5.92. The number of piperazine rings is 1. The summed E-state index contributed by atoms with van der Waals surface area (Å²) in [5.74, 6) is 0.589. The van der Waals surface area contributed by atoms with Gasteiger partial charge in [0.15, 0.2) is 0 Å². The number of hydrogen-bond acceptors (Lipinski definition) is 5. The molecule has 0 atom stereocenters. The zero-order chi connectivity index (χ0) is 17.5. The lowest BCUT2D eigenvalue weighted by Crippen LogP contribution is -2.46. The highest BCUT2D eigenvalue weighted by atomic mass is 16.1. The molecule has 0 spiro atoms. The number of anilines is 1. The number of hydrogen-bond donors (Lipinski definition) is 1. The summed E-state index contributed by atoms with van der Waals surface area (Å²) in [4.78, 5) is 25.1. The van der Waals surface area contributed by atoms with E-state index in [0.717, 1.165) is 38.5 Å². The molecule has 0 aliphatic carbocycles. The Morgan fingerprint density at radius 2 is 1.88 bits per heavy atom. The van der Waals surface area contributed by atoms with Gasteiger partial charge in [0.25, 0.3) is 5.91 Å². The molecule has 1 aromatic carbocycles. The SMILES string of the molecule is C=CCNC(=O)c1cnc(N2CCN(Cc3ccccc3)CC2)cn1. The molecule has 1 amide bonds. The zero-order valence-electron chi connectivity index (χ0n) is 14.3. The van der Waals surface area contributed by atoms with Gasteiger partial charge in [-0.3, -0.25) is 9.69 Å². The molecule has 1 aliphatic rings. The zero-order valence-corrected chi connectivity index (χ0v) is 14.3. The summed E-state index contributed by atoms with van der Waals surface area (Å²) < 4.78 is 0. The van der Waals surface area contributed by atoms with Gasteiger partial charge >= 0.3 is 0 Å². The molecule has 2 aromatic rings. The minimum Gasteiger partial charge on any atom is -0.353 e. The van der Waals surface area contributed by atoms with Crippen molar-refractivity contribution in [2.75, 3.05) is 37.6 Å². The first-order valence-corrected chi connectivity index (χ1v) is 8.48. The molecule has 25 heavy (non-hydrogen) atoms. The molecule has 0 saturated carbocycles. The lowest BCUT2D eigenvalue weighted by molar-refractivity contribution is 0.0952. The van der Waals surface area contributed by atoms with Gasteiger partial charge in [0.05, 0.1) is 12.4 Å². The van der Waals surface area contributed by atoms with Crippen LogP contribution in [0, 0.1) is 0 Å². The second-order valence-electron chi connectivity index (χ2n) is 6.01. The molecule has 1 aliphatic heterocycles. The van der Waals surface area contributed by atoms with Crippen molar-refractivity contribution in [2.45, 2.75) is 6.54 Å². The van der Waals surface area contributed by atoms with Crippen LogP contribution < -0.4 is 10.2 Å². The number of nitrogens with one attached hydrogen (secondary N) is 1. The third kappa shape index (κ3) is 4.64. The van der Waals surface area contributed by atoms with E-state index in [1.807, 2.05) is 6.07 Å². The highest BCUT2D eigenvalue weighted by Gasteiger charge is 2.18. The fourth-order valence-corrected chi connectivity index (χ4v) is 2.83. The summed E-state index contributed by atoms with van der Waals surface area (Å²) >= 11 is 0. The Morgan fingerprint density at radius 3 is 2.52 bits per heavy atom. The molecular weight excluding hydrogens is 314 g/mol. The summed E-state index contributed by atoms with van der Waals surface area (Å²) in [6.45, 7) is 8.75. The van der Waals surface area contributed by atoms with Crippen LogP contribution in [-0.4, -0.2) is 53.5 Å². The van der Waals surface area contributed by atoms with Gasteiger partial charge in [0, 0.05) is 39.3 Å². The number of benzene rings is 1. The highest BCUT2D eigenvalue weighted by Crippen LogP contribution is 2.14. The van der Waals surface area contributed by atoms with E-state index in [4.69, 9.17) is 0 Å². The van der Waals surface area contributed by atoms with Crippen molar-refractivity contribution in [3.8, 4) is 0 Å². The molecular formula is C19H23N5O. The van der Waals surface area contributed by atoms with Gasteiger partial charge in [-0.2, -0.15) is 0 Å². The van der Waals surface area contributed by atoms with Gasteiger partial charge in [-0.15, -0.1) is 6.58 Å². The predicted octanol–water partition coefficient (Wildman–Crippen LogP) is 1.71. The minimum absolute atomic E-state index is 0.230. The van der Waals surface area contributed by atoms with Crippen molar-refractivity contribution >= 4 is 11.7 Å². The number of carbonyl (C=O) groups excluding carboxylic acids is 1. The monoisotopic (exact) mass is 337 g/mol. The van der Waals surface area contributed by atoms with Crippen LogP contribution in [0.3, 0.4) is 0 Å². The van der Waals surface area contributed by atoms with Crippen LogP contribution in [0.1, 0.15) is 16.1 Å². The number of rotatable bonds is 6. The van der Waals surface area contributed by atoms with E-state index in [-0.39, 0.29) is 5.91 Å². The lowest BCUT2D eigenvalue weighted by atomic mass is 10.2. The Balaban J connectivity index is 1.52. The summed E-state index contributed by atoms with van der Waals surface area (Å²) in [7, 11) is 0. The lowest BCUT2D eigenvalue weighted by Gasteiger charge is -2.35. The molecule has 130 valence electrons. The Kier molecular flexibility index (Phi) is 5.74. The van der Waals surface area contributed by atoms with Crippen LogP contribution in [0.25, 0.3) is 0 Å². The second kappa shape index (κ2) is 8.39. The van der Waals surface area contributed by atoms with Crippen LogP contribution in [0.15, 0.2) is 55.4 Å². The number of nitrogens with zero attached hydrogens (tertiary/aromatic N) is 4. The second-order valence-corrected chi connectivity index (χ2v) is 6.01. The molecule has 1 N–H and O–H groups in total. The first kappa shape index (κ1) is 17.1. The molecule has 6 nitrogen and oxygen atoms in total. The largest absolute Gasteiger partial charge is 0.353 e. The van der Waals surface area contributed by atoms with Crippen molar-refractivity contribution in [3.05, 3.63) is 66.6 Å². The van der Waals surface area contributed by atoms with E-state index in [9.17, 15) is 4.79 Å².